The van der Waals surface area contributed by atoms with E-state index < -0.39 is 5.91 Å². The maximum absolute atomic E-state index is 11.5. The molecule has 0 saturated heterocycles. The SMILES string of the molecule is CC(=O)N(O)c1cccc(-c2ccc(C3=Cc4ccc5c(c4CC3)CCc3ccccc3-5)s2)c1.NC(=O)CC1C=CC=CS1. The molecule has 5 nitrogen and oxygen atoms in total. The molecule has 1 atom stereocenters. The largest absolute Gasteiger partial charge is 0.370 e. The summed E-state index contributed by atoms with van der Waals surface area (Å²) in [6.45, 7) is 1.35. The van der Waals surface area contributed by atoms with Crippen molar-refractivity contribution in [1.29, 1.82) is 0 Å². The lowest BCUT2D eigenvalue weighted by Gasteiger charge is -2.26. The average molecular weight is 619 g/mol. The number of anilines is 1. The fourth-order valence-corrected chi connectivity index (χ4v) is 7.90. The number of benzene rings is 3. The van der Waals surface area contributed by atoms with E-state index in [0.717, 1.165) is 36.1 Å². The standard InChI is InChI=1S/C30H25NO2S.C7H9NOS/c1-19(32)31(33)24-7-4-6-22(18-24)29-15-16-30(34-29)23-11-12-26-21(17-23)10-14-27-25-8-3-2-5-20(25)9-13-28(26)27;8-7(9)5-6-3-1-2-4-10-6/h2-8,10,14-18,33H,9,11-13H2,1H3;1-4,6H,5H2,(H2,8,9). The number of thiophene rings is 1. The summed E-state index contributed by atoms with van der Waals surface area (Å²) in [5.74, 6) is -0.641. The van der Waals surface area contributed by atoms with Crippen LogP contribution in [0.15, 0.2) is 96.4 Å². The number of aryl methyl sites for hydroxylation is 1. The second kappa shape index (κ2) is 13.2. The van der Waals surface area contributed by atoms with Gasteiger partial charge in [-0.3, -0.25) is 14.8 Å². The van der Waals surface area contributed by atoms with Crippen molar-refractivity contribution in [2.24, 2.45) is 5.73 Å². The molecule has 1 unspecified atom stereocenters. The zero-order chi connectivity index (χ0) is 30.6. The molecular weight excluding hydrogens is 585 g/mol. The molecule has 0 fully saturated rings. The molecule has 0 bridgehead atoms. The number of thioether (sulfide) groups is 1. The molecule has 3 aliphatic rings. The van der Waals surface area contributed by atoms with Crippen molar-refractivity contribution < 1.29 is 14.8 Å². The van der Waals surface area contributed by atoms with Crippen LogP contribution in [0.2, 0.25) is 0 Å². The molecule has 7 rings (SSSR count). The van der Waals surface area contributed by atoms with Crippen LogP contribution in [-0.4, -0.2) is 22.3 Å². The number of hydrogen-bond acceptors (Lipinski definition) is 5. The zero-order valence-corrected chi connectivity index (χ0v) is 26.2. The number of nitrogens with two attached hydrogens (primary N) is 1. The van der Waals surface area contributed by atoms with Crippen molar-refractivity contribution >= 4 is 52.2 Å². The second-order valence-electron chi connectivity index (χ2n) is 11.1. The van der Waals surface area contributed by atoms with Gasteiger partial charge in [-0.05, 0) is 99.9 Å². The molecule has 2 aliphatic carbocycles. The summed E-state index contributed by atoms with van der Waals surface area (Å²) >= 11 is 3.39. The zero-order valence-electron chi connectivity index (χ0n) is 24.5. The predicted octanol–water partition coefficient (Wildman–Crippen LogP) is 8.46. The van der Waals surface area contributed by atoms with E-state index in [2.05, 4.69) is 54.6 Å². The smallest absolute Gasteiger partial charge is 0.247 e. The number of primary amides is 1. The van der Waals surface area contributed by atoms with Gasteiger partial charge < -0.3 is 5.73 Å². The van der Waals surface area contributed by atoms with Gasteiger partial charge in [-0.25, -0.2) is 0 Å². The van der Waals surface area contributed by atoms with Gasteiger partial charge in [0.1, 0.15) is 0 Å². The van der Waals surface area contributed by atoms with Gasteiger partial charge in [0.15, 0.2) is 0 Å². The normalized spacial score (nSPS) is 16.0. The number of amides is 2. The van der Waals surface area contributed by atoms with Gasteiger partial charge in [-0.2, -0.15) is 5.06 Å². The fraction of sp³-hybridized carbons (Fsp3) is 0.189. The topological polar surface area (TPSA) is 83.6 Å². The third-order valence-corrected chi connectivity index (χ3v) is 10.4. The van der Waals surface area contributed by atoms with Crippen LogP contribution in [0.1, 0.15) is 46.9 Å². The van der Waals surface area contributed by atoms with Gasteiger partial charge in [-0.15, -0.1) is 23.1 Å². The number of rotatable bonds is 5. The Morgan fingerprint density at radius 2 is 1.70 bits per heavy atom. The van der Waals surface area contributed by atoms with Crippen molar-refractivity contribution in [3.05, 3.63) is 124 Å². The first-order chi connectivity index (χ1) is 21.4. The summed E-state index contributed by atoms with van der Waals surface area (Å²) in [6, 6.07) is 25.2. The van der Waals surface area contributed by atoms with Crippen molar-refractivity contribution in [3.63, 3.8) is 0 Å². The Morgan fingerprint density at radius 3 is 2.50 bits per heavy atom. The number of allylic oxidation sites excluding steroid dienone is 3. The number of nitrogens with zero attached hydrogens (tertiary/aromatic N) is 1. The molecule has 222 valence electrons. The quantitative estimate of drug-likeness (QED) is 0.174. The van der Waals surface area contributed by atoms with Gasteiger partial charge in [0.2, 0.25) is 11.8 Å². The number of fused-ring (bicyclic) bond motifs is 5. The molecule has 4 aromatic rings. The molecule has 44 heavy (non-hydrogen) atoms. The van der Waals surface area contributed by atoms with E-state index in [-0.39, 0.29) is 11.2 Å². The van der Waals surface area contributed by atoms with Crippen LogP contribution in [0.4, 0.5) is 5.69 Å². The molecule has 2 heterocycles. The Hall–Kier alpha value is -4.17. The predicted molar refractivity (Wildman–Crippen MR) is 184 cm³/mol. The Labute approximate surface area is 266 Å². The fourth-order valence-electron chi connectivity index (χ4n) is 6.03. The van der Waals surface area contributed by atoms with Crippen LogP contribution in [0.5, 0.6) is 0 Å². The van der Waals surface area contributed by atoms with Gasteiger partial charge in [0, 0.05) is 28.3 Å². The number of carbonyl (C=O) groups is 2. The van der Waals surface area contributed by atoms with Gasteiger partial charge in [-0.1, -0.05) is 72.8 Å². The van der Waals surface area contributed by atoms with Crippen molar-refractivity contribution in [1.82, 2.24) is 0 Å². The third-order valence-electron chi connectivity index (χ3n) is 8.16. The Kier molecular flexibility index (Phi) is 8.98. The van der Waals surface area contributed by atoms with E-state index >= 15 is 0 Å². The van der Waals surface area contributed by atoms with Gasteiger partial charge >= 0.3 is 0 Å². The van der Waals surface area contributed by atoms with Gasteiger partial charge in [0.25, 0.3) is 0 Å². The van der Waals surface area contributed by atoms with E-state index in [1.807, 2.05) is 41.8 Å². The highest BCUT2D eigenvalue weighted by molar-refractivity contribution is 8.02. The van der Waals surface area contributed by atoms with Crippen molar-refractivity contribution in [2.75, 3.05) is 5.06 Å². The van der Waals surface area contributed by atoms with Crippen LogP contribution < -0.4 is 10.8 Å². The van der Waals surface area contributed by atoms with E-state index in [1.165, 1.54) is 50.8 Å². The number of hydroxylamine groups is 1. The highest BCUT2D eigenvalue weighted by Crippen LogP contribution is 2.42. The number of carbonyl (C=O) groups excluding carboxylic acids is 2. The second-order valence-corrected chi connectivity index (χ2v) is 13.3. The molecule has 3 aromatic carbocycles. The van der Waals surface area contributed by atoms with E-state index in [0.29, 0.717) is 17.2 Å². The minimum Gasteiger partial charge on any atom is -0.370 e. The molecule has 7 heteroatoms. The number of hydrogen-bond donors (Lipinski definition) is 2. The van der Waals surface area contributed by atoms with Crippen LogP contribution in [-0.2, 0) is 28.9 Å². The van der Waals surface area contributed by atoms with Crippen molar-refractivity contribution in [2.45, 2.75) is 44.3 Å². The summed E-state index contributed by atoms with van der Waals surface area (Å²) in [6.07, 6.45) is 13.0. The lowest BCUT2D eigenvalue weighted by molar-refractivity contribution is -0.121. The summed E-state index contributed by atoms with van der Waals surface area (Å²) in [5.41, 5.74) is 16.6. The Bertz CT molecular complexity index is 1820. The van der Waals surface area contributed by atoms with Gasteiger partial charge in [0.05, 0.1) is 5.69 Å². The molecular formula is C37H34N2O3S2. The Morgan fingerprint density at radius 1 is 0.886 bits per heavy atom. The first kappa shape index (κ1) is 29.9. The lowest BCUT2D eigenvalue weighted by atomic mass is 9.78. The highest BCUT2D eigenvalue weighted by atomic mass is 32.2. The summed E-state index contributed by atoms with van der Waals surface area (Å²) in [5, 5.41) is 12.9. The molecule has 1 aliphatic heterocycles. The third kappa shape index (κ3) is 6.50. The monoisotopic (exact) mass is 618 g/mol. The van der Waals surface area contributed by atoms with Crippen LogP contribution in [0, 0.1) is 0 Å². The summed E-state index contributed by atoms with van der Waals surface area (Å²) < 4.78 is 0. The summed E-state index contributed by atoms with van der Waals surface area (Å²) in [7, 11) is 0. The van der Waals surface area contributed by atoms with Crippen LogP contribution >= 0.6 is 23.1 Å². The lowest BCUT2D eigenvalue weighted by Crippen LogP contribution is -2.23. The molecule has 0 saturated carbocycles. The van der Waals surface area contributed by atoms with Crippen LogP contribution in [0.3, 0.4) is 0 Å². The molecule has 2 amide bonds. The van der Waals surface area contributed by atoms with E-state index in [9.17, 15) is 14.8 Å². The highest BCUT2D eigenvalue weighted by Gasteiger charge is 2.23. The molecule has 3 N–H and O–H groups in total. The molecule has 0 radical (unpaired) electrons. The maximum atomic E-state index is 11.5. The van der Waals surface area contributed by atoms with E-state index in [1.54, 1.807) is 29.2 Å². The maximum Gasteiger partial charge on any atom is 0.247 e. The molecule has 0 spiro atoms. The Balaban J connectivity index is 0.000000294. The van der Waals surface area contributed by atoms with E-state index in [4.69, 9.17) is 5.73 Å². The summed E-state index contributed by atoms with van der Waals surface area (Å²) in [4.78, 5) is 24.3. The molecule has 1 aromatic heterocycles. The minimum absolute atomic E-state index is 0.238. The van der Waals surface area contributed by atoms with Crippen LogP contribution in [0.25, 0.3) is 33.2 Å². The first-order valence-corrected chi connectivity index (χ1v) is 16.5. The first-order valence-electron chi connectivity index (χ1n) is 14.8. The average Bonchev–Trinajstić information content (AvgIpc) is 3.55. The van der Waals surface area contributed by atoms with Crippen molar-refractivity contribution in [3.8, 4) is 21.6 Å². The minimum atomic E-state index is -0.402.